The minimum absolute atomic E-state index is 0.120. The Kier molecular flexibility index (Phi) is 4.25. The highest BCUT2D eigenvalue weighted by molar-refractivity contribution is 5.94. The first-order valence-corrected chi connectivity index (χ1v) is 6.31. The van der Waals surface area contributed by atoms with Crippen molar-refractivity contribution in [3.63, 3.8) is 0 Å². The SMILES string of the molecule is COc1ccccc1CNC(=O)c1ccc(C)c(O)c1. The van der Waals surface area contributed by atoms with Crippen LogP contribution in [0.15, 0.2) is 42.5 Å². The number of rotatable bonds is 4. The molecule has 104 valence electrons. The van der Waals surface area contributed by atoms with Crippen molar-refractivity contribution in [2.75, 3.05) is 7.11 Å². The van der Waals surface area contributed by atoms with Gasteiger partial charge in [-0.25, -0.2) is 0 Å². The van der Waals surface area contributed by atoms with E-state index in [9.17, 15) is 9.90 Å². The number of carbonyl (C=O) groups excluding carboxylic acids is 1. The molecule has 0 aliphatic carbocycles. The molecule has 0 aromatic heterocycles. The topological polar surface area (TPSA) is 58.6 Å². The summed E-state index contributed by atoms with van der Waals surface area (Å²) in [5, 5.41) is 12.4. The van der Waals surface area contributed by atoms with Crippen LogP contribution < -0.4 is 10.1 Å². The van der Waals surface area contributed by atoms with Gasteiger partial charge in [-0.2, -0.15) is 0 Å². The fraction of sp³-hybridized carbons (Fsp3) is 0.188. The number of aromatic hydroxyl groups is 1. The molecule has 2 N–H and O–H groups in total. The van der Waals surface area contributed by atoms with Crippen molar-refractivity contribution < 1.29 is 14.6 Å². The molecule has 0 radical (unpaired) electrons. The van der Waals surface area contributed by atoms with Crippen molar-refractivity contribution in [1.29, 1.82) is 0 Å². The lowest BCUT2D eigenvalue weighted by Gasteiger charge is -2.10. The highest BCUT2D eigenvalue weighted by Gasteiger charge is 2.09. The fourth-order valence-electron chi connectivity index (χ4n) is 1.88. The number of phenols is 1. The van der Waals surface area contributed by atoms with Crippen LogP contribution in [-0.2, 0) is 6.54 Å². The summed E-state index contributed by atoms with van der Waals surface area (Å²) >= 11 is 0. The number of phenolic OH excluding ortho intramolecular Hbond substituents is 1. The zero-order chi connectivity index (χ0) is 14.5. The number of para-hydroxylation sites is 1. The predicted molar refractivity (Wildman–Crippen MR) is 77.0 cm³/mol. The Hall–Kier alpha value is -2.49. The maximum Gasteiger partial charge on any atom is 0.251 e. The zero-order valence-electron chi connectivity index (χ0n) is 11.5. The average Bonchev–Trinajstić information content (AvgIpc) is 2.47. The normalized spacial score (nSPS) is 10.1. The second kappa shape index (κ2) is 6.10. The van der Waals surface area contributed by atoms with Crippen LogP contribution in [-0.4, -0.2) is 18.1 Å². The van der Waals surface area contributed by atoms with Gasteiger partial charge < -0.3 is 15.2 Å². The Bertz CT molecular complexity index is 623. The molecule has 1 amide bonds. The van der Waals surface area contributed by atoms with E-state index >= 15 is 0 Å². The molecule has 4 heteroatoms. The molecule has 0 aliphatic heterocycles. The number of hydrogen-bond donors (Lipinski definition) is 2. The van der Waals surface area contributed by atoms with Crippen LogP contribution in [0.25, 0.3) is 0 Å². The molecule has 0 saturated heterocycles. The maximum absolute atomic E-state index is 12.0. The first-order chi connectivity index (χ1) is 9.61. The summed E-state index contributed by atoms with van der Waals surface area (Å²) in [4.78, 5) is 12.0. The minimum atomic E-state index is -0.230. The van der Waals surface area contributed by atoms with Gasteiger partial charge in [0.15, 0.2) is 0 Å². The van der Waals surface area contributed by atoms with Crippen LogP contribution in [0.3, 0.4) is 0 Å². The van der Waals surface area contributed by atoms with Crippen molar-refractivity contribution >= 4 is 5.91 Å². The van der Waals surface area contributed by atoms with Gasteiger partial charge in [-0.1, -0.05) is 24.3 Å². The van der Waals surface area contributed by atoms with Crippen LogP contribution >= 0.6 is 0 Å². The van der Waals surface area contributed by atoms with Crippen LogP contribution in [0, 0.1) is 6.92 Å². The Morgan fingerprint density at radius 1 is 1.25 bits per heavy atom. The minimum Gasteiger partial charge on any atom is -0.508 e. The second-order valence-electron chi connectivity index (χ2n) is 4.50. The van der Waals surface area contributed by atoms with E-state index in [1.54, 1.807) is 26.2 Å². The Labute approximate surface area is 118 Å². The summed E-state index contributed by atoms with van der Waals surface area (Å²) in [6, 6.07) is 12.4. The molecule has 0 unspecified atom stereocenters. The molecular formula is C16H17NO3. The number of ether oxygens (including phenoxy) is 1. The summed E-state index contributed by atoms with van der Waals surface area (Å²) < 4.78 is 5.23. The van der Waals surface area contributed by atoms with E-state index in [2.05, 4.69) is 5.32 Å². The molecule has 0 aliphatic rings. The summed E-state index contributed by atoms with van der Waals surface area (Å²) in [6.07, 6.45) is 0. The van der Waals surface area contributed by atoms with Gasteiger partial charge in [-0.05, 0) is 30.7 Å². The van der Waals surface area contributed by atoms with Gasteiger partial charge in [0, 0.05) is 17.7 Å². The molecule has 4 nitrogen and oxygen atoms in total. The fourth-order valence-corrected chi connectivity index (χ4v) is 1.88. The molecule has 20 heavy (non-hydrogen) atoms. The van der Waals surface area contributed by atoms with E-state index in [4.69, 9.17) is 4.74 Å². The number of methoxy groups -OCH3 is 1. The average molecular weight is 271 g/mol. The van der Waals surface area contributed by atoms with Crippen LogP contribution in [0.5, 0.6) is 11.5 Å². The number of nitrogens with one attached hydrogen (secondary N) is 1. The molecule has 0 fully saturated rings. The van der Waals surface area contributed by atoms with E-state index < -0.39 is 0 Å². The standard InChI is InChI=1S/C16H17NO3/c1-11-7-8-12(9-14(11)18)16(19)17-10-13-5-3-4-6-15(13)20-2/h3-9,18H,10H2,1-2H3,(H,17,19). The van der Waals surface area contributed by atoms with Crippen molar-refractivity contribution in [2.24, 2.45) is 0 Å². The van der Waals surface area contributed by atoms with Gasteiger partial charge in [0.25, 0.3) is 5.91 Å². The summed E-state index contributed by atoms with van der Waals surface area (Å²) in [6.45, 7) is 2.16. The van der Waals surface area contributed by atoms with Crippen LogP contribution in [0.2, 0.25) is 0 Å². The van der Waals surface area contributed by atoms with Crippen LogP contribution in [0.1, 0.15) is 21.5 Å². The Morgan fingerprint density at radius 2 is 2.00 bits per heavy atom. The third kappa shape index (κ3) is 3.09. The lowest BCUT2D eigenvalue weighted by atomic mass is 10.1. The quantitative estimate of drug-likeness (QED) is 0.898. The lowest BCUT2D eigenvalue weighted by molar-refractivity contribution is 0.0950. The molecule has 0 spiro atoms. The summed E-state index contributed by atoms with van der Waals surface area (Å²) in [5.41, 5.74) is 2.08. The number of hydrogen-bond acceptors (Lipinski definition) is 3. The lowest BCUT2D eigenvalue weighted by Crippen LogP contribution is -2.23. The van der Waals surface area contributed by atoms with E-state index in [0.717, 1.165) is 16.9 Å². The third-order valence-corrected chi connectivity index (χ3v) is 3.10. The number of aryl methyl sites for hydroxylation is 1. The smallest absolute Gasteiger partial charge is 0.251 e. The zero-order valence-corrected chi connectivity index (χ0v) is 11.5. The summed E-state index contributed by atoms with van der Waals surface area (Å²) in [7, 11) is 1.60. The first kappa shape index (κ1) is 13.9. The monoisotopic (exact) mass is 271 g/mol. The van der Waals surface area contributed by atoms with Gasteiger partial charge in [-0.15, -0.1) is 0 Å². The molecule has 2 rings (SSSR count). The van der Waals surface area contributed by atoms with Crippen molar-refractivity contribution in [3.05, 3.63) is 59.2 Å². The second-order valence-corrected chi connectivity index (χ2v) is 4.50. The molecule has 2 aromatic carbocycles. The number of benzene rings is 2. The van der Waals surface area contributed by atoms with Gasteiger partial charge in [0.2, 0.25) is 0 Å². The van der Waals surface area contributed by atoms with Gasteiger partial charge in [0.05, 0.1) is 7.11 Å². The van der Waals surface area contributed by atoms with Gasteiger partial charge in [0.1, 0.15) is 11.5 Å². The van der Waals surface area contributed by atoms with E-state index in [-0.39, 0.29) is 11.7 Å². The predicted octanol–water partition coefficient (Wildman–Crippen LogP) is 2.64. The van der Waals surface area contributed by atoms with Crippen molar-refractivity contribution in [1.82, 2.24) is 5.32 Å². The Morgan fingerprint density at radius 3 is 2.70 bits per heavy atom. The molecular weight excluding hydrogens is 254 g/mol. The highest BCUT2D eigenvalue weighted by atomic mass is 16.5. The van der Waals surface area contributed by atoms with Gasteiger partial charge >= 0.3 is 0 Å². The number of carbonyl (C=O) groups is 1. The van der Waals surface area contributed by atoms with Gasteiger partial charge in [-0.3, -0.25) is 4.79 Å². The first-order valence-electron chi connectivity index (χ1n) is 6.31. The summed E-state index contributed by atoms with van der Waals surface area (Å²) in [5.74, 6) is 0.626. The van der Waals surface area contributed by atoms with Crippen molar-refractivity contribution in [3.8, 4) is 11.5 Å². The molecule has 2 aromatic rings. The molecule has 0 bridgehead atoms. The van der Waals surface area contributed by atoms with Crippen LogP contribution in [0.4, 0.5) is 0 Å². The maximum atomic E-state index is 12.0. The molecule has 0 atom stereocenters. The van der Waals surface area contributed by atoms with E-state index in [1.807, 2.05) is 24.3 Å². The molecule has 0 heterocycles. The largest absolute Gasteiger partial charge is 0.508 e. The van der Waals surface area contributed by atoms with Crippen molar-refractivity contribution in [2.45, 2.75) is 13.5 Å². The highest BCUT2D eigenvalue weighted by Crippen LogP contribution is 2.19. The van der Waals surface area contributed by atoms with E-state index in [1.165, 1.54) is 6.07 Å². The Balaban J connectivity index is 2.06. The van der Waals surface area contributed by atoms with E-state index in [0.29, 0.717) is 12.1 Å². The number of amides is 1. The third-order valence-electron chi connectivity index (χ3n) is 3.10. The molecule has 0 saturated carbocycles.